The van der Waals surface area contributed by atoms with Crippen molar-refractivity contribution in [3.8, 4) is 0 Å². The highest BCUT2D eigenvalue weighted by Crippen LogP contribution is 2.15. The number of hydrogen-bond donors (Lipinski definition) is 1. The van der Waals surface area contributed by atoms with E-state index in [2.05, 4.69) is 12.2 Å². The highest BCUT2D eigenvalue weighted by atomic mass is 16.3. The minimum absolute atomic E-state index is 0.128. The van der Waals surface area contributed by atoms with Crippen LogP contribution in [0.2, 0.25) is 0 Å². The molecule has 12 heavy (non-hydrogen) atoms. The van der Waals surface area contributed by atoms with E-state index in [1.165, 1.54) is 6.26 Å². The summed E-state index contributed by atoms with van der Waals surface area (Å²) in [6, 6.07) is 0.354. The average molecular weight is 165 g/mol. The van der Waals surface area contributed by atoms with Crippen LogP contribution in [0.15, 0.2) is 16.9 Å². The van der Waals surface area contributed by atoms with Gasteiger partial charge < -0.3 is 9.73 Å². The molecule has 1 aliphatic rings. The SMILES string of the molecule is CC1Cc2cocc2C(=O)CN1. The summed E-state index contributed by atoms with van der Waals surface area (Å²) < 4.78 is 4.99. The Labute approximate surface area is 70.8 Å². The highest BCUT2D eigenvalue weighted by molar-refractivity contribution is 5.99. The van der Waals surface area contributed by atoms with Crippen molar-refractivity contribution in [1.82, 2.24) is 5.32 Å². The van der Waals surface area contributed by atoms with Crippen LogP contribution in [-0.4, -0.2) is 18.4 Å². The zero-order valence-corrected chi connectivity index (χ0v) is 6.96. The van der Waals surface area contributed by atoms with Gasteiger partial charge in [-0.05, 0) is 13.3 Å². The predicted octanol–water partition coefficient (Wildman–Crippen LogP) is 0.996. The summed E-state index contributed by atoms with van der Waals surface area (Å²) in [7, 11) is 0. The fourth-order valence-electron chi connectivity index (χ4n) is 1.49. The lowest BCUT2D eigenvalue weighted by Crippen LogP contribution is -2.29. The molecule has 2 rings (SSSR count). The van der Waals surface area contributed by atoms with Crippen molar-refractivity contribution in [2.24, 2.45) is 0 Å². The maximum Gasteiger partial charge on any atom is 0.180 e. The minimum atomic E-state index is 0.128. The van der Waals surface area contributed by atoms with Gasteiger partial charge in [-0.2, -0.15) is 0 Å². The minimum Gasteiger partial charge on any atom is -0.472 e. The van der Waals surface area contributed by atoms with Gasteiger partial charge >= 0.3 is 0 Å². The van der Waals surface area contributed by atoms with Crippen LogP contribution in [0.1, 0.15) is 22.8 Å². The lowest BCUT2D eigenvalue weighted by Gasteiger charge is -2.06. The molecule has 2 heterocycles. The van der Waals surface area contributed by atoms with Crippen LogP contribution >= 0.6 is 0 Å². The van der Waals surface area contributed by atoms with E-state index in [9.17, 15) is 4.79 Å². The largest absolute Gasteiger partial charge is 0.472 e. The molecule has 0 aromatic carbocycles. The molecule has 0 amide bonds. The first kappa shape index (κ1) is 7.55. The van der Waals surface area contributed by atoms with Gasteiger partial charge in [0.2, 0.25) is 0 Å². The molecule has 3 nitrogen and oxygen atoms in total. The Bertz CT molecular complexity index is 303. The highest BCUT2D eigenvalue weighted by Gasteiger charge is 2.19. The maximum absolute atomic E-state index is 11.4. The molecule has 0 aliphatic carbocycles. The number of Topliss-reactive ketones (excluding diaryl/α,β-unsaturated/α-hetero) is 1. The first-order valence-corrected chi connectivity index (χ1v) is 4.09. The molecule has 1 unspecified atom stereocenters. The fourth-order valence-corrected chi connectivity index (χ4v) is 1.49. The van der Waals surface area contributed by atoms with Crippen LogP contribution in [-0.2, 0) is 6.42 Å². The zero-order chi connectivity index (χ0) is 8.55. The van der Waals surface area contributed by atoms with Crippen molar-refractivity contribution in [1.29, 1.82) is 0 Å². The average Bonchev–Trinajstić information content (AvgIpc) is 2.44. The molecule has 0 spiro atoms. The third-order valence-corrected chi connectivity index (χ3v) is 2.18. The van der Waals surface area contributed by atoms with Crippen LogP contribution in [0, 0.1) is 0 Å². The van der Waals surface area contributed by atoms with E-state index < -0.39 is 0 Å². The molecule has 0 bridgehead atoms. The molecular formula is C9H11NO2. The van der Waals surface area contributed by atoms with Gasteiger partial charge in [0.1, 0.15) is 6.26 Å². The molecule has 3 heteroatoms. The Morgan fingerprint density at radius 1 is 1.58 bits per heavy atom. The van der Waals surface area contributed by atoms with Gasteiger partial charge in [-0.15, -0.1) is 0 Å². The van der Waals surface area contributed by atoms with E-state index in [-0.39, 0.29) is 5.78 Å². The summed E-state index contributed by atoms with van der Waals surface area (Å²) in [5.41, 5.74) is 1.77. The van der Waals surface area contributed by atoms with Crippen molar-refractivity contribution >= 4 is 5.78 Å². The van der Waals surface area contributed by atoms with Crippen molar-refractivity contribution < 1.29 is 9.21 Å². The van der Waals surface area contributed by atoms with Crippen molar-refractivity contribution in [2.45, 2.75) is 19.4 Å². The molecule has 0 saturated heterocycles. The molecular weight excluding hydrogens is 154 g/mol. The van der Waals surface area contributed by atoms with Gasteiger partial charge in [0.15, 0.2) is 5.78 Å². The molecule has 64 valence electrons. The second-order valence-electron chi connectivity index (χ2n) is 3.22. The second kappa shape index (κ2) is 2.75. The Balaban J connectivity index is 2.38. The number of rotatable bonds is 0. The predicted molar refractivity (Wildman–Crippen MR) is 44.2 cm³/mol. The Kier molecular flexibility index (Phi) is 1.73. The number of nitrogens with one attached hydrogen (secondary N) is 1. The summed E-state index contributed by atoms with van der Waals surface area (Å²) in [5, 5.41) is 3.14. The Hall–Kier alpha value is -1.09. The van der Waals surface area contributed by atoms with Gasteiger partial charge in [0.05, 0.1) is 18.4 Å². The smallest absolute Gasteiger partial charge is 0.180 e. The van der Waals surface area contributed by atoms with Crippen LogP contribution in [0.25, 0.3) is 0 Å². The molecule has 0 fully saturated rings. The van der Waals surface area contributed by atoms with Crippen LogP contribution < -0.4 is 5.32 Å². The molecule has 1 N–H and O–H groups in total. The lowest BCUT2D eigenvalue weighted by atomic mass is 10.1. The second-order valence-corrected chi connectivity index (χ2v) is 3.22. The summed E-state index contributed by atoms with van der Waals surface area (Å²) in [5.74, 6) is 0.128. The number of carbonyl (C=O) groups is 1. The van der Waals surface area contributed by atoms with Crippen molar-refractivity contribution in [3.05, 3.63) is 23.7 Å². The molecule has 0 saturated carbocycles. The fraction of sp³-hybridized carbons (Fsp3) is 0.444. The molecule has 1 atom stereocenters. The number of hydrogen-bond acceptors (Lipinski definition) is 3. The standard InChI is InChI=1S/C9H11NO2/c1-6-2-7-4-12-5-8(7)9(11)3-10-6/h4-6,10H,2-3H2,1H3. The van der Waals surface area contributed by atoms with E-state index in [0.29, 0.717) is 12.6 Å². The Morgan fingerprint density at radius 3 is 3.25 bits per heavy atom. The van der Waals surface area contributed by atoms with E-state index >= 15 is 0 Å². The number of fused-ring (bicyclic) bond motifs is 1. The maximum atomic E-state index is 11.4. The normalized spacial score (nSPS) is 23.4. The summed E-state index contributed by atoms with van der Waals surface area (Å²) >= 11 is 0. The molecule has 1 aromatic heterocycles. The van der Waals surface area contributed by atoms with Crippen molar-refractivity contribution in [2.75, 3.05) is 6.54 Å². The lowest BCUT2D eigenvalue weighted by molar-refractivity contribution is 0.0990. The van der Waals surface area contributed by atoms with Gasteiger partial charge in [-0.25, -0.2) is 0 Å². The first-order valence-electron chi connectivity index (χ1n) is 4.09. The Morgan fingerprint density at radius 2 is 2.42 bits per heavy atom. The third-order valence-electron chi connectivity index (χ3n) is 2.18. The monoisotopic (exact) mass is 165 g/mol. The van der Waals surface area contributed by atoms with Gasteiger partial charge in [-0.3, -0.25) is 4.79 Å². The third kappa shape index (κ3) is 1.16. The van der Waals surface area contributed by atoms with E-state index in [0.717, 1.165) is 17.5 Å². The van der Waals surface area contributed by atoms with Gasteiger partial charge in [0, 0.05) is 11.6 Å². The van der Waals surface area contributed by atoms with Crippen LogP contribution in [0.5, 0.6) is 0 Å². The topological polar surface area (TPSA) is 42.2 Å². The summed E-state index contributed by atoms with van der Waals surface area (Å²) in [4.78, 5) is 11.4. The molecule has 1 aromatic rings. The number of ketones is 1. The van der Waals surface area contributed by atoms with E-state index in [4.69, 9.17) is 4.42 Å². The quantitative estimate of drug-likeness (QED) is 0.623. The van der Waals surface area contributed by atoms with Crippen LogP contribution in [0.3, 0.4) is 0 Å². The number of furan rings is 1. The number of carbonyl (C=O) groups excluding carboxylic acids is 1. The molecule has 1 aliphatic heterocycles. The molecule has 0 radical (unpaired) electrons. The van der Waals surface area contributed by atoms with Gasteiger partial charge in [-0.1, -0.05) is 0 Å². The van der Waals surface area contributed by atoms with E-state index in [1.807, 2.05) is 0 Å². The van der Waals surface area contributed by atoms with E-state index in [1.54, 1.807) is 6.26 Å². The summed E-state index contributed by atoms with van der Waals surface area (Å²) in [6.45, 7) is 2.49. The van der Waals surface area contributed by atoms with Crippen molar-refractivity contribution in [3.63, 3.8) is 0 Å². The summed E-state index contributed by atoms with van der Waals surface area (Å²) in [6.07, 6.45) is 4.08. The van der Waals surface area contributed by atoms with Crippen LogP contribution in [0.4, 0.5) is 0 Å². The first-order chi connectivity index (χ1) is 5.77. The zero-order valence-electron chi connectivity index (χ0n) is 6.96. The van der Waals surface area contributed by atoms with Gasteiger partial charge in [0.25, 0.3) is 0 Å².